The molecule has 0 saturated heterocycles. The number of aryl methyl sites for hydroxylation is 1. The number of anilines is 2. The molecule has 19 heavy (non-hydrogen) atoms. The lowest BCUT2D eigenvalue weighted by Crippen LogP contribution is -2.12. The number of benzene rings is 1. The maximum Gasteiger partial charge on any atom is 0.123 e. The number of nitrogens with one attached hydrogen (secondary N) is 1. The third kappa shape index (κ3) is 3.22. The van der Waals surface area contributed by atoms with Crippen molar-refractivity contribution >= 4 is 11.4 Å². The second-order valence-electron chi connectivity index (χ2n) is 4.71. The van der Waals surface area contributed by atoms with Gasteiger partial charge in [-0.05, 0) is 36.2 Å². The molecule has 2 rings (SSSR count). The maximum absolute atomic E-state index is 13.2. The summed E-state index contributed by atoms with van der Waals surface area (Å²) < 4.78 is 13.2. The van der Waals surface area contributed by atoms with Crippen LogP contribution in [0.3, 0.4) is 0 Å². The van der Waals surface area contributed by atoms with E-state index in [1.54, 1.807) is 24.5 Å². The van der Waals surface area contributed by atoms with Crippen LogP contribution in [-0.4, -0.2) is 19.1 Å². The van der Waals surface area contributed by atoms with Crippen molar-refractivity contribution in [1.82, 2.24) is 4.98 Å². The smallest absolute Gasteiger partial charge is 0.123 e. The molecule has 0 aliphatic rings. The fourth-order valence-electron chi connectivity index (χ4n) is 1.93. The van der Waals surface area contributed by atoms with Crippen LogP contribution in [0.2, 0.25) is 0 Å². The van der Waals surface area contributed by atoms with Crippen molar-refractivity contribution in [2.24, 2.45) is 0 Å². The molecule has 0 unspecified atom stereocenters. The van der Waals surface area contributed by atoms with Gasteiger partial charge in [-0.15, -0.1) is 0 Å². The number of hydrogen-bond acceptors (Lipinski definition) is 3. The highest BCUT2D eigenvalue weighted by Crippen LogP contribution is 2.23. The number of nitrogens with zero attached hydrogens (tertiary/aromatic N) is 2. The van der Waals surface area contributed by atoms with Crippen LogP contribution < -0.4 is 10.2 Å². The summed E-state index contributed by atoms with van der Waals surface area (Å²) in [6.07, 6.45) is 3.54. The van der Waals surface area contributed by atoms with Gasteiger partial charge in [-0.2, -0.15) is 0 Å². The van der Waals surface area contributed by atoms with E-state index < -0.39 is 0 Å². The highest BCUT2D eigenvalue weighted by Gasteiger charge is 2.05. The summed E-state index contributed by atoms with van der Waals surface area (Å²) in [6, 6.07) is 6.78. The molecule has 4 heteroatoms. The van der Waals surface area contributed by atoms with Crippen LogP contribution in [-0.2, 0) is 6.54 Å². The summed E-state index contributed by atoms with van der Waals surface area (Å²) in [4.78, 5) is 6.13. The van der Waals surface area contributed by atoms with Gasteiger partial charge in [0.15, 0.2) is 0 Å². The molecule has 0 atom stereocenters. The summed E-state index contributed by atoms with van der Waals surface area (Å²) in [5.74, 6) is -0.207. The fourth-order valence-corrected chi connectivity index (χ4v) is 1.93. The first-order valence-electron chi connectivity index (χ1n) is 6.18. The van der Waals surface area contributed by atoms with Crippen molar-refractivity contribution in [2.75, 3.05) is 24.3 Å². The Kier molecular flexibility index (Phi) is 4.00. The van der Waals surface area contributed by atoms with Gasteiger partial charge in [0.1, 0.15) is 5.82 Å². The average molecular weight is 259 g/mol. The van der Waals surface area contributed by atoms with Gasteiger partial charge in [0.05, 0.1) is 17.6 Å². The van der Waals surface area contributed by atoms with Crippen LogP contribution in [0.25, 0.3) is 0 Å². The molecule has 0 spiro atoms. The van der Waals surface area contributed by atoms with Crippen molar-refractivity contribution in [3.63, 3.8) is 0 Å². The van der Waals surface area contributed by atoms with Gasteiger partial charge in [-0.1, -0.05) is 6.07 Å². The Morgan fingerprint density at radius 2 is 2.05 bits per heavy atom. The zero-order valence-electron chi connectivity index (χ0n) is 11.4. The van der Waals surface area contributed by atoms with E-state index in [-0.39, 0.29) is 5.82 Å². The van der Waals surface area contributed by atoms with E-state index >= 15 is 0 Å². The first kappa shape index (κ1) is 13.3. The van der Waals surface area contributed by atoms with Crippen LogP contribution in [0.5, 0.6) is 0 Å². The Morgan fingerprint density at radius 1 is 1.26 bits per heavy atom. The van der Waals surface area contributed by atoms with E-state index in [4.69, 9.17) is 0 Å². The molecule has 0 aliphatic heterocycles. The Labute approximate surface area is 113 Å². The normalized spacial score (nSPS) is 10.3. The topological polar surface area (TPSA) is 28.2 Å². The molecule has 100 valence electrons. The van der Waals surface area contributed by atoms with Gasteiger partial charge >= 0.3 is 0 Å². The summed E-state index contributed by atoms with van der Waals surface area (Å²) in [5, 5.41) is 3.31. The Balaban J connectivity index is 2.17. The van der Waals surface area contributed by atoms with Crippen molar-refractivity contribution in [2.45, 2.75) is 13.5 Å². The number of aromatic nitrogens is 1. The molecule has 0 aliphatic carbocycles. The standard InChI is InChI=1S/C15H18FN3/c1-11-4-5-13(16)8-12(11)9-18-14-10-17-7-6-15(14)19(2)3/h4-8,10,18H,9H2,1-3H3. The molecule has 1 heterocycles. The fraction of sp³-hybridized carbons (Fsp3) is 0.267. The Bertz CT molecular complexity index is 567. The average Bonchev–Trinajstić information content (AvgIpc) is 2.40. The predicted octanol–water partition coefficient (Wildman–Crippen LogP) is 3.21. The molecule has 0 amide bonds. The van der Waals surface area contributed by atoms with Gasteiger partial charge in [-0.3, -0.25) is 4.98 Å². The number of halogens is 1. The van der Waals surface area contributed by atoms with Crippen molar-refractivity contribution in [3.8, 4) is 0 Å². The number of hydrogen-bond donors (Lipinski definition) is 1. The van der Waals surface area contributed by atoms with E-state index in [9.17, 15) is 4.39 Å². The van der Waals surface area contributed by atoms with Gasteiger partial charge in [0.2, 0.25) is 0 Å². The van der Waals surface area contributed by atoms with Gasteiger partial charge in [0, 0.05) is 26.8 Å². The maximum atomic E-state index is 13.2. The van der Waals surface area contributed by atoms with E-state index in [0.29, 0.717) is 6.54 Å². The first-order chi connectivity index (χ1) is 9.08. The Hall–Kier alpha value is -2.10. The highest BCUT2D eigenvalue weighted by molar-refractivity contribution is 5.68. The van der Waals surface area contributed by atoms with Crippen molar-refractivity contribution in [3.05, 3.63) is 53.6 Å². The van der Waals surface area contributed by atoms with Crippen LogP contribution >= 0.6 is 0 Å². The summed E-state index contributed by atoms with van der Waals surface area (Å²) in [5.41, 5.74) is 4.03. The minimum absolute atomic E-state index is 0.207. The molecule has 0 fully saturated rings. The number of pyridine rings is 1. The second-order valence-corrected chi connectivity index (χ2v) is 4.71. The van der Waals surface area contributed by atoms with E-state index in [1.807, 2.05) is 32.0 Å². The molecule has 1 N–H and O–H groups in total. The van der Waals surface area contributed by atoms with Crippen LogP contribution in [0, 0.1) is 12.7 Å². The highest BCUT2D eigenvalue weighted by atomic mass is 19.1. The third-order valence-corrected chi connectivity index (χ3v) is 3.06. The van der Waals surface area contributed by atoms with Crippen molar-refractivity contribution in [1.29, 1.82) is 0 Å². The lowest BCUT2D eigenvalue weighted by molar-refractivity contribution is 0.625. The molecule has 1 aromatic carbocycles. The van der Waals surface area contributed by atoms with Crippen LogP contribution in [0.1, 0.15) is 11.1 Å². The predicted molar refractivity (Wildman–Crippen MR) is 77.0 cm³/mol. The zero-order chi connectivity index (χ0) is 13.8. The van der Waals surface area contributed by atoms with Gasteiger partial charge in [-0.25, -0.2) is 4.39 Å². The Morgan fingerprint density at radius 3 is 2.79 bits per heavy atom. The summed E-state index contributed by atoms with van der Waals surface area (Å²) in [7, 11) is 3.96. The monoisotopic (exact) mass is 259 g/mol. The lowest BCUT2D eigenvalue weighted by atomic mass is 10.1. The van der Waals surface area contributed by atoms with Crippen molar-refractivity contribution < 1.29 is 4.39 Å². The quantitative estimate of drug-likeness (QED) is 0.914. The minimum Gasteiger partial charge on any atom is -0.378 e. The lowest BCUT2D eigenvalue weighted by Gasteiger charge is -2.18. The van der Waals surface area contributed by atoms with E-state index in [2.05, 4.69) is 10.3 Å². The zero-order valence-corrected chi connectivity index (χ0v) is 11.4. The van der Waals surface area contributed by atoms with Gasteiger partial charge < -0.3 is 10.2 Å². The largest absolute Gasteiger partial charge is 0.378 e. The second kappa shape index (κ2) is 5.69. The van der Waals surface area contributed by atoms with E-state index in [0.717, 1.165) is 22.5 Å². The van der Waals surface area contributed by atoms with Gasteiger partial charge in [0.25, 0.3) is 0 Å². The molecule has 0 bridgehead atoms. The van der Waals surface area contributed by atoms with Crippen LogP contribution in [0.15, 0.2) is 36.7 Å². The molecule has 2 aromatic rings. The number of rotatable bonds is 4. The van der Waals surface area contributed by atoms with E-state index in [1.165, 1.54) is 6.07 Å². The minimum atomic E-state index is -0.207. The summed E-state index contributed by atoms with van der Waals surface area (Å²) in [6.45, 7) is 2.56. The first-order valence-corrected chi connectivity index (χ1v) is 6.18. The molecule has 0 saturated carbocycles. The molecular formula is C15H18FN3. The molecular weight excluding hydrogens is 241 g/mol. The SMILES string of the molecule is Cc1ccc(F)cc1CNc1cnccc1N(C)C. The molecule has 1 aromatic heterocycles. The third-order valence-electron chi connectivity index (χ3n) is 3.06. The molecule has 3 nitrogen and oxygen atoms in total. The van der Waals surface area contributed by atoms with Crippen LogP contribution in [0.4, 0.5) is 15.8 Å². The summed E-state index contributed by atoms with van der Waals surface area (Å²) >= 11 is 0. The molecule has 0 radical (unpaired) electrons.